The summed E-state index contributed by atoms with van der Waals surface area (Å²) in [6.07, 6.45) is 6.15. The average molecular weight is 477 g/mol. The van der Waals surface area contributed by atoms with Crippen LogP contribution in [0.15, 0.2) is 60.8 Å². The van der Waals surface area contributed by atoms with Gasteiger partial charge in [-0.15, -0.1) is 0 Å². The van der Waals surface area contributed by atoms with Gasteiger partial charge in [0.25, 0.3) is 0 Å². The molecule has 0 saturated heterocycles. The number of ketones is 2. The highest BCUT2D eigenvalue weighted by molar-refractivity contribution is 6.30. The number of carbonyl (C=O) groups is 3. The number of aromatic nitrogens is 1. The van der Waals surface area contributed by atoms with Crippen molar-refractivity contribution in [1.29, 1.82) is 0 Å². The quantitative estimate of drug-likeness (QED) is 0.390. The predicted molar refractivity (Wildman–Crippen MR) is 131 cm³/mol. The minimum Gasteiger partial charge on any atom is -0.478 e. The first kappa shape index (κ1) is 23.6. The van der Waals surface area contributed by atoms with Crippen LogP contribution in [0.3, 0.4) is 0 Å². The molecule has 0 amide bonds. The predicted octanol–water partition coefficient (Wildman–Crippen LogP) is 6.20. The second-order valence-electron chi connectivity index (χ2n) is 8.61. The number of pyridine rings is 1. The number of carboxylic acids is 1. The molecule has 2 aromatic carbocycles. The summed E-state index contributed by atoms with van der Waals surface area (Å²) in [6, 6.07) is 15.0. The van der Waals surface area contributed by atoms with Crippen molar-refractivity contribution >= 4 is 40.5 Å². The Morgan fingerprint density at radius 1 is 0.971 bits per heavy atom. The molecular formula is C27H25ClN2O4. The number of aromatic carboxylic acids is 1. The molecule has 0 radical (unpaired) electrons. The lowest BCUT2D eigenvalue weighted by atomic mass is 9.92. The topological polar surface area (TPSA) is 87.6 Å². The van der Waals surface area contributed by atoms with E-state index in [4.69, 9.17) is 11.6 Å². The van der Waals surface area contributed by atoms with E-state index in [1.165, 1.54) is 18.2 Å². The van der Waals surface area contributed by atoms with Crippen LogP contribution in [0.5, 0.6) is 0 Å². The third-order valence-corrected chi connectivity index (χ3v) is 6.60. The van der Waals surface area contributed by atoms with E-state index in [0.717, 1.165) is 37.1 Å². The van der Waals surface area contributed by atoms with Crippen molar-refractivity contribution in [3.05, 3.63) is 88.2 Å². The Balaban J connectivity index is 1.53. The Hall–Kier alpha value is -3.51. The fourth-order valence-electron chi connectivity index (χ4n) is 4.37. The van der Waals surface area contributed by atoms with Crippen LogP contribution >= 0.6 is 11.6 Å². The number of anilines is 2. The summed E-state index contributed by atoms with van der Waals surface area (Å²) < 4.78 is 0. The summed E-state index contributed by atoms with van der Waals surface area (Å²) >= 11 is 5.95. The summed E-state index contributed by atoms with van der Waals surface area (Å²) in [5.74, 6) is -1.50. The zero-order chi connectivity index (χ0) is 24.2. The van der Waals surface area contributed by atoms with Gasteiger partial charge in [-0.2, -0.15) is 0 Å². The molecular weight excluding hydrogens is 452 g/mol. The third-order valence-electron chi connectivity index (χ3n) is 6.34. The maximum atomic E-state index is 13.0. The molecule has 1 fully saturated rings. The second-order valence-corrected chi connectivity index (χ2v) is 9.05. The molecule has 1 N–H and O–H groups in total. The molecule has 3 aromatic rings. The molecule has 0 aliphatic heterocycles. The molecule has 1 aliphatic carbocycles. The van der Waals surface area contributed by atoms with E-state index < -0.39 is 11.8 Å². The molecule has 1 saturated carbocycles. The molecule has 4 rings (SSSR count). The molecule has 0 atom stereocenters. The van der Waals surface area contributed by atoms with E-state index in [1.54, 1.807) is 30.5 Å². The van der Waals surface area contributed by atoms with Gasteiger partial charge >= 0.3 is 5.97 Å². The number of rotatable bonds is 8. The first-order valence-electron chi connectivity index (χ1n) is 11.2. The lowest BCUT2D eigenvalue weighted by Gasteiger charge is -2.19. The number of Topliss-reactive ketones (excluding diaryl/α,β-unsaturated/α-hetero) is 1. The van der Waals surface area contributed by atoms with Crippen LogP contribution in [-0.4, -0.2) is 34.7 Å². The van der Waals surface area contributed by atoms with E-state index >= 15 is 0 Å². The molecule has 1 aliphatic rings. The molecule has 1 heterocycles. The number of benzene rings is 2. The highest BCUT2D eigenvalue weighted by Gasteiger charge is 2.24. The number of hydrogen-bond acceptors (Lipinski definition) is 5. The van der Waals surface area contributed by atoms with Crippen LogP contribution in [-0.2, 0) is 0 Å². The molecule has 7 heteroatoms. The fraction of sp³-hybridized carbons (Fsp3) is 0.259. The summed E-state index contributed by atoms with van der Waals surface area (Å²) in [7, 11) is 1.88. The van der Waals surface area contributed by atoms with E-state index in [9.17, 15) is 19.5 Å². The van der Waals surface area contributed by atoms with Crippen LogP contribution in [0.2, 0.25) is 5.02 Å². The number of nitrogens with zero attached hydrogens (tertiary/aromatic N) is 2. The zero-order valence-electron chi connectivity index (χ0n) is 18.8. The van der Waals surface area contributed by atoms with Crippen molar-refractivity contribution in [3.8, 4) is 0 Å². The van der Waals surface area contributed by atoms with Gasteiger partial charge in [0, 0.05) is 35.3 Å². The Morgan fingerprint density at radius 3 is 2.26 bits per heavy atom. The van der Waals surface area contributed by atoms with E-state index in [1.807, 2.05) is 24.1 Å². The highest BCUT2D eigenvalue weighted by Crippen LogP contribution is 2.30. The Morgan fingerprint density at radius 2 is 1.65 bits per heavy atom. The van der Waals surface area contributed by atoms with Gasteiger partial charge in [0.1, 0.15) is 5.69 Å². The van der Waals surface area contributed by atoms with Crippen LogP contribution in [0.25, 0.3) is 0 Å². The average Bonchev–Trinajstić information content (AvgIpc) is 3.36. The first-order valence-corrected chi connectivity index (χ1v) is 11.6. The SMILES string of the molecule is CN(c1ccc(Cl)cc1)c1ccc(C(=O)c2ccc(C(=O)CC3CCCC3)c(C(=O)O)c2)nc1. The van der Waals surface area contributed by atoms with E-state index in [0.29, 0.717) is 17.4 Å². The van der Waals surface area contributed by atoms with Crippen molar-refractivity contribution in [3.63, 3.8) is 0 Å². The summed E-state index contributed by atoms with van der Waals surface area (Å²) in [5, 5.41) is 10.3. The summed E-state index contributed by atoms with van der Waals surface area (Å²) in [4.78, 5) is 43.8. The van der Waals surface area contributed by atoms with Crippen molar-refractivity contribution in [2.24, 2.45) is 5.92 Å². The lowest BCUT2D eigenvalue weighted by molar-refractivity contribution is 0.0691. The van der Waals surface area contributed by atoms with Crippen molar-refractivity contribution in [1.82, 2.24) is 4.98 Å². The molecule has 34 heavy (non-hydrogen) atoms. The first-order chi connectivity index (χ1) is 16.3. The van der Waals surface area contributed by atoms with Gasteiger partial charge in [0.2, 0.25) is 5.78 Å². The van der Waals surface area contributed by atoms with Crippen LogP contribution in [0.1, 0.15) is 68.9 Å². The summed E-state index contributed by atoms with van der Waals surface area (Å²) in [6.45, 7) is 0. The Bertz CT molecular complexity index is 1220. The number of carboxylic acid groups (broad SMARTS) is 1. The molecule has 0 spiro atoms. The highest BCUT2D eigenvalue weighted by atomic mass is 35.5. The van der Waals surface area contributed by atoms with E-state index in [-0.39, 0.29) is 28.2 Å². The fourth-order valence-corrected chi connectivity index (χ4v) is 4.50. The van der Waals surface area contributed by atoms with Gasteiger partial charge in [-0.3, -0.25) is 14.6 Å². The molecule has 6 nitrogen and oxygen atoms in total. The molecule has 174 valence electrons. The normalized spacial score (nSPS) is 13.6. The van der Waals surface area contributed by atoms with Crippen molar-refractivity contribution < 1.29 is 19.5 Å². The minimum atomic E-state index is -1.22. The molecule has 0 unspecified atom stereocenters. The van der Waals surface area contributed by atoms with Gasteiger partial charge in [0.05, 0.1) is 17.4 Å². The van der Waals surface area contributed by atoms with Gasteiger partial charge in [-0.1, -0.05) is 43.4 Å². The van der Waals surface area contributed by atoms with Crippen molar-refractivity contribution in [2.75, 3.05) is 11.9 Å². The third kappa shape index (κ3) is 5.18. The van der Waals surface area contributed by atoms with Gasteiger partial charge in [0.15, 0.2) is 5.78 Å². The lowest BCUT2D eigenvalue weighted by Crippen LogP contribution is -2.14. The number of halogens is 1. The maximum Gasteiger partial charge on any atom is 0.336 e. The molecule has 1 aromatic heterocycles. The van der Waals surface area contributed by atoms with Gasteiger partial charge in [-0.05, 0) is 54.4 Å². The summed E-state index contributed by atoms with van der Waals surface area (Å²) in [5.41, 5.74) is 2.07. The smallest absolute Gasteiger partial charge is 0.336 e. The van der Waals surface area contributed by atoms with Crippen LogP contribution < -0.4 is 4.90 Å². The van der Waals surface area contributed by atoms with Crippen LogP contribution in [0.4, 0.5) is 11.4 Å². The number of carbonyl (C=O) groups excluding carboxylic acids is 2. The van der Waals surface area contributed by atoms with Gasteiger partial charge < -0.3 is 10.0 Å². The monoisotopic (exact) mass is 476 g/mol. The number of hydrogen-bond donors (Lipinski definition) is 1. The zero-order valence-corrected chi connectivity index (χ0v) is 19.6. The van der Waals surface area contributed by atoms with Crippen LogP contribution in [0, 0.1) is 5.92 Å². The Labute approximate surface area is 203 Å². The maximum absolute atomic E-state index is 13.0. The second kappa shape index (κ2) is 10.2. The Kier molecular flexibility index (Phi) is 7.08. The molecule has 0 bridgehead atoms. The minimum absolute atomic E-state index is 0.145. The van der Waals surface area contributed by atoms with Gasteiger partial charge in [-0.25, -0.2) is 4.79 Å². The largest absolute Gasteiger partial charge is 0.478 e. The standard InChI is InChI=1S/C27H25ClN2O4/c1-30(20-9-7-19(28)8-10-20)21-11-13-24(29-16-21)26(32)18-6-12-22(23(15-18)27(33)34)25(31)14-17-4-2-3-5-17/h6-13,15-17H,2-5,14H2,1H3,(H,33,34). The van der Waals surface area contributed by atoms with E-state index in [2.05, 4.69) is 4.98 Å². The van der Waals surface area contributed by atoms with Crippen molar-refractivity contribution in [2.45, 2.75) is 32.1 Å².